The van der Waals surface area contributed by atoms with Crippen molar-refractivity contribution >= 4 is 6.29 Å². The van der Waals surface area contributed by atoms with Crippen LogP contribution in [0.1, 0.15) is 90.5 Å². The SMILES string of the molecule is C=C(/C=C/C=C(/[C@H](O)CCc1ccccc1)[C@@H]1CC[C@]2([C@@H]1O)[C@@H](CCCO)/C(=C(/C)C=O)CC[C@]2(O)CCNC)CC/C=C(\C)CNCC. The molecule has 0 saturated heterocycles. The number of benzene rings is 1. The van der Waals surface area contributed by atoms with Gasteiger partial charge < -0.3 is 31.1 Å². The van der Waals surface area contributed by atoms with Gasteiger partial charge in [-0.25, -0.2) is 0 Å². The second kappa shape index (κ2) is 20.3. The van der Waals surface area contributed by atoms with E-state index in [0.29, 0.717) is 69.9 Å². The van der Waals surface area contributed by atoms with Gasteiger partial charge in [0.05, 0.1) is 17.8 Å². The van der Waals surface area contributed by atoms with E-state index in [9.17, 15) is 25.2 Å². The molecule has 49 heavy (non-hydrogen) atoms. The smallest absolute Gasteiger partial charge is 0.145 e. The molecule has 1 aromatic carbocycles. The first kappa shape index (κ1) is 40.8. The maximum atomic E-state index is 12.6. The van der Waals surface area contributed by atoms with E-state index in [4.69, 9.17) is 0 Å². The molecule has 1 spiro atoms. The Morgan fingerprint density at radius 2 is 1.94 bits per heavy atom. The van der Waals surface area contributed by atoms with E-state index in [-0.39, 0.29) is 18.4 Å². The predicted octanol–water partition coefficient (Wildman–Crippen LogP) is 6.15. The van der Waals surface area contributed by atoms with Crippen molar-refractivity contribution in [3.63, 3.8) is 0 Å². The minimum absolute atomic E-state index is 0.00249. The molecule has 2 aliphatic rings. The normalized spacial score (nSPS) is 28.0. The third-order valence-corrected chi connectivity index (χ3v) is 11.2. The van der Waals surface area contributed by atoms with Gasteiger partial charge in [-0.1, -0.05) is 84.9 Å². The van der Waals surface area contributed by atoms with Gasteiger partial charge in [0.1, 0.15) is 6.29 Å². The van der Waals surface area contributed by atoms with Crippen LogP contribution in [-0.4, -0.2) is 77.8 Å². The number of aliphatic hydroxyl groups is 4. The van der Waals surface area contributed by atoms with Crippen LogP contribution in [0.25, 0.3) is 0 Å². The summed E-state index contributed by atoms with van der Waals surface area (Å²) < 4.78 is 0. The second-order valence-electron chi connectivity index (χ2n) is 14.4. The van der Waals surface area contributed by atoms with Gasteiger partial charge in [-0.3, -0.25) is 4.79 Å². The molecule has 6 N–H and O–H groups in total. The lowest BCUT2D eigenvalue weighted by Gasteiger charge is -2.57. The van der Waals surface area contributed by atoms with Gasteiger partial charge >= 0.3 is 0 Å². The van der Waals surface area contributed by atoms with Crippen LogP contribution in [0.5, 0.6) is 0 Å². The Hall–Kier alpha value is -2.65. The van der Waals surface area contributed by atoms with Crippen molar-refractivity contribution in [1.82, 2.24) is 10.6 Å². The Bertz CT molecular complexity index is 1320. The number of allylic oxidation sites excluding steroid dienone is 7. The second-order valence-corrected chi connectivity index (χ2v) is 14.4. The first-order valence-electron chi connectivity index (χ1n) is 18.5. The molecule has 272 valence electrons. The van der Waals surface area contributed by atoms with Crippen molar-refractivity contribution in [3.8, 4) is 0 Å². The van der Waals surface area contributed by atoms with Crippen molar-refractivity contribution in [2.24, 2.45) is 17.3 Å². The topological polar surface area (TPSA) is 122 Å². The van der Waals surface area contributed by atoms with E-state index in [1.807, 2.05) is 50.4 Å². The summed E-state index contributed by atoms with van der Waals surface area (Å²) >= 11 is 0. The first-order valence-corrected chi connectivity index (χ1v) is 18.5. The molecule has 1 aromatic rings. The van der Waals surface area contributed by atoms with Crippen LogP contribution in [0.4, 0.5) is 0 Å². The van der Waals surface area contributed by atoms with E-state index >= 15 is 0 Å². The van der Waals surface area contributed by atoms with Crippen LogP contribution in [-0.2, 0) is 11.2 Å². The van der Waals surface area contributed by atoms with Crippen LogP contribution in [0, 0.1) is 17.3 Å². The van der Waals surface area contributed by atoms with Crippen molar-refractivity contribution < 1.29 is 25.2 Å². The summed E-state index contributed by atoms with van der Waals surface area (Å²) in [7, 11) is 1.86. The molecule has 0 aromatic heterocycles. The quantitative estimate of drug-likeness (QED) is 0.0424. The number of aldehydes is 1. The third-order valence-electron chi connectivity index (χ3n) is 11.2. The highest BCUT2D eigenvalue weighted by molar-refractivity contribution is 5.74. The van der Waals surface area contributed by atoms with E-state index < -0.39 is 23.2 Å². The zero-order valence-corrected chi connectivity index (χ0v) is 30.6. The number of carbonyl (C=O) groups is 1. The molecule has 0 heterocycles. The van der Waals surface area contributed by atoms with E-state index in [1.54, 1.807) is 0 Å². The fourth-order valence-corrected chi connectivity index (χ4v) is 8.52. The Kier molecular flexibility index (Phi) is 16.9. The standard InChI is InChI=1S/C42H64N2O5/c1-6-44-29-32(3)15-10-13-31(2)14-11-18-36(39(47)21-20-34-16-8-7-9-17-34)37-23-25-42(40(37)48)38(19-12-28-45)35(33(4)30-46)22-24-41(42,49)26-27-43-5/h7-9,11,14-18,30,37-40,43-45,47-49H,2,6,10,12-13,19-29H2,1,3-5H3/b14-11+,32-15+,35-33-,36-18+/t37-,38-,39+,40+,41-,42+/m0/s1. The van der Waals surface area contributed by atoms with Gasteiger partial charge in [-0.2, -0.15) is 0 Å². The van der Waals surface area contributed by atoms with Gasteiger partial charge in [0.15, 0.2) is 0 Å². The van der Waals surface area contributed by atoms with Crippen molar-refractivity contribution in [2.75, 3.05) is 33.3 Å². The molecular formula is C42H64N2O5. The van der Waals surface area contributed by atoms with Gasteiger partial charge in [0, 0.05) is 24.5 Å². The van der Waals surface area contributed by atoms with E-state index in [1.165, 1.54) is 5.57 Å². The molecule has 0 radical (unpaired) electrons. The highest BCUT2D eigenvalue weighted by Crippen LogP contribution is 2.64. The summed E-state index contributed by atoms with van der Waals surface area (Å²) in [5.41, 5.74) is 3.74. The molecule has 2 aliphatic carbocycles. The zero-order valence-electron chi connectivity index (χ0n) is 30.6. The average molecular weight is 677 g/mol. The highest BCUT2D eigenvalue weighted by atomic mass is 16.3. The van der Waals surface area contributed by atoms with Crippen molar-refractivity contribution in [3.05, 3.63) is 94.6 Å². The number of carbonyl (C=O) groups excluding carboxylic acids is 1. The molecule has 2 saturated carbocycles. The number of aryl methyl sites for hydroxylation is 1. The van der Waals surface area contributed by atoms with Crippen LogP contribution in [0.3, 0.4) is 0 Å². The number of aliphatic hydroxyl groups excluding tert-OH is 3. The summed E-state index contributed by atoms with van der Waals surface area (Å²) in [4.78, 5) is 12.1. The maximum absolute atomic E-state index is 12.6. The lowest BCUT2D eigenvalue weighted by Crippen LogP contribution is -2.61. The molecule has 3 rings (SSSR count). The van der Waals surface area contributed by atoms with Gasteiger partial charge in [0.2, 0.25) is 0 Å². The van der Waals surface area contributed by atoms with Crippen LogP contribution in [0.15, 0.2) is 89.1 Å². The highest BCUT2D eigenvalue weighted by Gasteiger charge is 2.65. The summed E-state index contributed by atoms with van der Waals surface area (Å²) in [6.07, 6.45) is 14.0. The number of hydrogen-bond donors (Lipinski definition) is 6. The van der Waals surface area contributed by atoms with Gasteiger partial charge in [-0.15, -0.1) is 0 Å². The molecular weight excluding hydrogens is 612 g/mol. The largest absolute Gasteiger partial charge is 0.396 e. The number of nitrogens with one attached hydrogen (secondary N) is 2. The summed E-state index contributed by atoms with van der Waals surface area (Å²) in [6.45, 7) is 12.7. The maximum Gasteiger partial charge on any atom is 0.145 e. The van der Waals surface area contributed by atoms with Crippen molar-refractivity contribution in [1.29, 1.82) is 0 Å². The summed E-state index contributed by atoms with van der Waals surface area (Å²) in [5, 5.41) is 53.5. The Balaban J connectivity index is 2.00. The lowest BCUT2D eigenvalue weighted by atomic mass is 9.51. The minimum Gasteiger partial charge on any atom is -0.396 e. The lowest BCUT2D eigenvalue weighted by molar-refractivity contribution is -0.181. The van der Waals surface area contributed by atoms with Crippen LogP contribution < -0.4 is 10.6 Å². The molecule has 7 nitrogen and oxygen atoms in total. The monoisotopic (exact) mass is 676 g/mol. The van der Waals surface area contributed by atoms with E-state index in [0.717, 1.165) is 54.5 Å². The predicted molar refractivity (Wildman–Crippen MR) is 201 cm³/mol. The Morgan fingerprint density at radius 1 is 1.18 bits per heavy atom. The van der Waals surface area contributed by atoms with Gasteiger partial charge in [-0.05, 0) is 127 Å². The Labute approximate surface area is 296 Å². The third kappa shape index (κ3) is 10.4. The average Bonchev–Trinajstić information content (AvgIpc) is 3.45. The molecule has 0 aliphatic heterocycles. The summed E-state index contributed by atoms with van der Waals surface area (Å²) in [5.74, 6) is -0.642. The molecule has 7 heteroatoms. The number of likely N-dealkylation sites (N-methyl/N-ethyl adjacent to an activating group) is 1. The Morgan fingerprint density at radius 3 is 2.61 bits per heavy atom. The molecule has 0 unspecified atom stereocenters. The number of hydrogen-bond acceptors (Lipinski definition) is 7. The zero-order chi connectivity index (χ0) is 35.9. The molecule has 0 amide bonds. The first-order chi connectivity index (χ1) is 23.6. The van der Waals surface area contributed by atoms with Gasteiger partial charge in [0.25, 0.3) is 0 Å². The fraction of sp³-hybridized carbons (Fsp3) is 0.595. The minimum atomic E-state index is -1.18. The van der Waals surface area contributed by atoms with Crippen molar-refractivity contribution in [2.45, 2.75) is 109 Å². The fourth-order valence-electron chi connectivity index (χ4n) is 8.52. The van der Waals surface area contributed by atoms with Crippen LogP contribution >= 0.6 is 0 Å². The van der Waals surface area contributed by atoms with Crippen LogP contribution in [0.2, 0.25) is 0 Å². The van der Waals surface area contributed by atoms with E-state index in [2.05, 4.69) is 49.3 Å². The summed E-state index contributed by atoms with van der Waals surface area (Å²) in [6, 6.07) is 10.1. The number of rotatable bonds is 20. The molecule has 0 bridgehead atoms. The molecule has 2 fully saturated rings. The molecule has 6 atom stereocenters.